The lowest BCUT2D eigenvalue weighted by molar-refractivity contribution is 0.454. The molecule has 0 fully saturated rings. The van der Waals surface area contributed by atoms with Crippen LogP contribution in [0.1, 0.15) is 6.42 Å². The number of aryl methyl sites for hydroxylation is 2. The highest BCUT2D eigenvalue weighted by Gasteiger charge is 2.07. The molecule has 0 spiro atoms. The first-order valence-corrected chi connectivity index (χ1v) is 7.89. The normalized spacial score (nSPS) is 11.2. The lowest BCUT2D eigenvalue weighted by Crippen LogP contribution is -2.27. The van der Waals surface area contributed by atoms with Gasteiger partial charge >= 0.3 is 0 Å². The Balaban J connectivity index is 1.55. The molecule has 0 bridgehead atoms. The van der Waals surface area contributed by atoms with Crippen molar-refractivity contribution in [3.63, 3.8) is 0 Å². The lowest BCUT2D eigenvalue weighted by Gasteiger charge is -2.06. The van der Waals surface area contributed by atoms with E-state index in [9.17, 15) is 9.59 Å². The summed E-state index contributed by atoms with van der Waals surface area (Å²) in [5.41, 5.74) is 0.755. The number of benzene rings is 2. The smallest absolute Gasteiger partial charge is 0.267 e. The molecular formula is C17H14N6O2. The molecule has 25 heavy (non-hydrogen) atoms. The minimum Gasteiger partial charge on any atom is -0.267 e. The van der Waals surface area contributed by atoms with Crippen LogP contribution in [0.25, 0.3) is 21.8 Å². The van der Waals surface area contributed by atoms with Gasteiger partial charge in [0.25, 0.3) is 11.1 Å². The van der Waals surface area contributed by atoms with E-state index in [0.29, 0.717) is 41.3 Å². The minimum absolute atomic E-state index is 0.192. The Hall–Kier alpha value is -3.42. The molecule has 4 aromatic rings. The summed E-state index contributed by atoms with van der Waals surface area (Å²) in [6.45, 7) is 0.690. The Morgan fingerprint density at radius 3 is 1.60 bits per heavy atom. The van der Waals surface area contributed by atoms with E-state index < -0.39 is 0 Å². The summed E-state index contributed by atoms with van der Waals surface area (Å²) in [5.74, 6) is 0. The van der Waals surface area contributed by atoms with Crippen LogP contribution in [0, 0.1) is 0 Å². The third kappa shape index (κ3) is 2.78. The van der Waals surface area contributed by atoms with Crippen molar-refractivity contribution in [1.82, 2.24) is 30.0 Å². The maximum absolute atomic E-state index is 12.4. The topological polar surface area (TPSA) is 95.6 Å². The molecule has 2 aromatic heterocycles. The predicted molar refractivity (Wildman–Crippen MR) is 92.2 cm³/mol. The second-order valence-electron chi connectivity index (χ2n) is 5.62. The molecule has 0 unspecified atom stereocenters. The summed E-state index contributed by atoms with van der Waals surface area (Å²) >= 11 is 0. The highest BCUT2D eigenvalue weighted by Crippen LogP contribution is 2.05. The van der Waals surface area contributed by atoms with Crippen molar-refractivity contribution in [2.45, 2.75) is 19.5 Å². The molecule has 0 aliphatic heterocycles. The standard InChI is InChI=1S/C17H14N6O2/c24-16-12-6-1-3-8-14(12)18-20-22(16)10-5-11-23-17(25)13-7-2-4-9-15(13)19-21-23/h1-4,6-9H,5,10-11H2. The first kappa shape index (κ1) is 15.1. The van der Waals surface area contributed by atoms with Gasteiger partial charge in [0, 0.05) is 13.1 Å². The summed E-state index contributed by atoms with van der Waals surface area (Å²) < 4.78 is 2.61. The predicted octanol–water partition coefficient (Wildman–Crippen LogP) is 0.987. The van der Waals surface area contributed by atoms with Gasteiger partial charge in [0.2, 0.25) is 0 Å². The third-order valence-corrected chi connectivity index (χ3v) is 4.00. The summed E-state index contributed by atoms with van der Waals surface area (Å²) in [6.07, 6.45) is 0.514. The quantitative estimate of drug-likeness (QED) is 0.552. The van der Waals surface area contributed by atoms with E-state index in [1.165, 1.54) is 9.36 Å². The van der Waals surface area contributed by atoms with Gasteiger partial charge in [0.1, 0.15) is 11.0 Å². The molecule has 0 N–H and O–H groups in total. The Kier molecular flexibility index (Phi) is 3.77. The van der Waals surface area contributed by atoms with Gasteiger partial charge in [0.15, 0.2) is 0 Å². The summed E-state index contributed by atoms with van der Waals surface area (Å²) in [7, 11) is 0. The number of hydrogen-bond acceptors (Lipinski definition) is 6. The van der Waals surface area contributed by atoms with Crippen LogP contribution < -0.4 is 11.1 Å². The highest BCUT2D eigenvalue weighted by atomic mass is 16.1. The van der Waals surface area contributed by atoms with Crippen LogP contribution in [0.15, 0.2) is 58.1 Å². The van der Waals surface area contributed by atoms with Crippen molar-refractivity contribution in [2.24, 2.45) is 0 Å². The van der Waals surface area contributed by atoms with Gasteiger partial charge in [0.05, 0.1) is 10.8 Å². The van der Waals surface area contributed by atoms with Gasteiger partial charge in [-0.15, -0.1) is 10.2 Å². The number of fused-ring (bicyclic) bond motifs is 2. The second-order valence-corrected chi connectivity index (χ2v) is 5.62. The molecule has 0 radical (unpaired) electrons. The summed E-state index contributed by atoms with van der Waals surface area (Å²) in [5, 5.41) is 17.0. The number of hydrogen-bond donors (Lipinski definition) is 0. The first-order valence-electron chi connectivity index (χ1n) is 7.89. The fraction of sp³-hybridized carbons (Fsp3) is 0.176. The lowest BCUT2D eigenvalue weighted by atomic mass is 10.2. The summed E-state index contributed by atoms with van der Waals surface area (Å²) in [6, 6.07) is 14.2. The first-order chi connectivity index (χ1) is 12.2. The van der Waals surface area contributed by atoms with E-state index in [2.05, 4.69) is 20.6 Å². The monoisotopic (exact) mass is 334 g/mol. The fourth-order valence-corrected chi connectivity index (χ4v) is 2.71. The zero-order chi connectivity index (χ0) is 17.2. The number of nitrogens with zero attached hydrogens (tertiary/aromatic N) is 6. The van der Waals surface area contributed by atoms with Crippen molar-refractivity contribution in [2.75, 3.05) is 0 Å². The fourth-order valence-electron chi connectivity index (χ4n) is 2.71. The van der Waals surface area contributed by atoms with Gasteiger partial charge in [-0.05, 0) is 30.7 Å². The maximum Gasteiger partial charge on any atom is 0.277 e. The molecule has 0 saturated carbocycles. The molecule has 0 saturated heterocycles. The van der Waals surface area contributed by atoms with Crippen LogP contribution in [0.3, 0.4) is 0 Å². The van der Waals surface area contributed by atoms with Gasteiger partial charge in [-0.1, -0.05) is 34.7 Å². The van der Waals surface area contributed by atoms with Crippen molar-refractivity contribution in [3.05, 3.63) is 69.2 Å². The van der Waals surface area contributed by atoms with Crippen molar-refractivity contribution >= 4 is 21.8 Å². The van der Waals surface area contributed by atoms with Crippen molar-refractivity contribution in [1.29, 1.82) is 0 Å². The average Bonchev–Trinajstić information content (AvgIpc) is 2.66. The van der Waals surface area contributed by atoms with Gasteiger partial charge < -0.3 is 0 Å². The van der Waals surface area contributed by atoms with E-state index in [1.807, 2.05) is 12.1 Å². The van der Waals surface area contributed by atoms with Crippen LogP contribution in [-0.4, -0.2) is 30.0 Å². The Bertz CT molecular complexity index is 1090. The van der Waals surface area contributed by atoms with Gasteiger partial charge in [-0.25, -0.2) is 9.36 Å². The van der Waals surface area contributed by atoms with Crippen molar-refractivity contribution < 1.29 is 0 Å². The second kappa shape index (κ2) is 6.23. The maximum atomic E-state index is 12.4. The van der Waals surface area contributed by atoms with Crippen molar-refractivity contribution in [3.8, 4) is 0 Å². The van der Waals surface area contributed by atoms with E-state index in [0.717, 1.165) is 0 Å². The minimum atomic E-state index is -0.192. The van der Waals surface area contributed by atoms with Crippen LogP contribution >= 0.6 is 0 Å². The molecule has 0 amide bonds. The Morgan fingerprint density at radius 2 is 1.12 bits per heavy atom. The van der Waals surface area contributed by atoms with E-state index in [1.54, 1.807) is 36.4 Å². The molecular weight excluding hydrogens is 320 g/mol. The molecule has 2 heterocycles. The van der Waals surface area contributed by atoms with E-state index >= 15 is 0 Å². The number of rotatable bonds is 4. The molecule has 124 valence electrons. The van der Waals surface area contributed by atoms with Crippen LogP contribution in [0.2, 0.25) is 0 Å². The van der Waals surface area contributed by atoms with Crippen LogP contribution in [0.4, 0.5) is 0 Å². The Labute approximate surface area is 141 Å². The van der Waals surface area contributed by atoms with Crippen LogP contribution in [-0.2, 0) is 13.1 Å². The van der Waals surface area contributed by atoms with Crippen LogP contribution in [0.5, 0.6) is 0 Å². The molecule has 0 aliphatic carbocycles. The molecule has 0 atom stereocenters. The SMILES string of the molecule is O=c1c2ccccc2nnn1CCCn1nnc2ccccc2c1=O. The average molecular weight is 334 g/mol. The summed E-state index contributed by atoms with van der Waals surface area (Å²) in [4.78, 5) is 24.8. The molecule has 0 aliphatic rings. The zero-order valence-corrected chi connectivity index (χ0v) is 13.2. The molecule has 4 rings (SSSR count). The third-order valence-electron chi connectivity index (χ3n) is 4.00. The molecule has 2 aromatic carbocycles. The Morgan fingerprint density at radius 1 is 0.680 bits per heavy atom. The highest BCUT2D eigenvalue weighted by molar-refractivity contribution is 5.77. The van der Waals surface area contributed by atoms with Gasteiger partial charge in [-0.2, -0.15) is 0 Å². The van der Waals surface area contributed by atoms with E-state index in [4.69, 9.17) is 0 Å². The molecule has 8 nitrogen and oxygen atoms in total. The number of aromatic nitrogens is 6. The largest absolute Gasteiger partial charge is 0.277 e. The van der Waals surface area contributed by atoms with E-state index in [-0.39, 0.29) is 11.1 Å². The molecule has 8 heteroatoms. The zero-order valence-electron chi connectivity index (χ0n) is 13.2. The van der Waals surface area contributed by atoms with Gasteiger partial charge in [-0.3, -0.25) is 9.59 Å².